The number of halogens is 2. The monoisotopic (exact) mass is 399 g/mol. The van der Waals surface area contributed by atoms with E-state index in [1.165, 1.54) is 0 Å². The Hall–Kier alpha value is -2.47. The van der Waals surface area contributed by atoms with Crippen LogP contribution in [0, 0.1) is 0 Å². The zero-order chi connectivity index (χ0) is 18.8. The Kier molecular flexibility index (Phi) is 5.07. The lowest BCUT2D eigenvalue weighted by atomic mass is 9.92. The first-order valence-electron chi connectivity index (χ1n) is 8.34. The van der Waals surface area contributed by atoms with E-state index in [0.717, 1.165) is 11.1 Å². The summed E-state index contributed by atoms with van der Waals surface area (Å²) in [4.78, 5) is 22.8. The number of hydrogen-bond acceptors (Lipinski definition) is 4. The van der Waals surface area contributed by atoms with Gasteiger partial charge in [-0.2, -0.15) is 0 Å². The van der Waals surface area contributed by atoms with E-state index < -0.39 is 6.04 Å². The molecule has 3 aromatic rings. The molecule has 0 spiro atoms. The molecule has 136 valence electrons. The van der Waals surface area contributed by atoms with Gasteiger partial charge >= 0.3 is 0 Å². The minimum atomic E-state index is -0.415. The van der Waals surface area contributed by atoms with E-state index in [1.54, 1.807) is 35.6 Å². The predicted octanol–water partition coefficient (Wildman–Crippen LogP) is 4.63. The fourth-order valence-electron chi connectivity index (χ4n) is 3.21. The third kappa shape index (κ3) is 3.67. The number of amides is 1. The van der Waals surface area contributed by atoms with Crippen molar-refractivity contribution >= 4 is 34.9 Å². The summed E-state index contributed by atoms with van der Waals surface area (Å²) in [6.07, 6.45) is 4.32. The zero-order valence-corrected chi connectivity index (χ0v) is 15.6. The molecule has 7 heteroatoms. The van der Waals surface area contributed by atoms with Gasteiger partial charge in [0.2, 0.25) is 0 Å². The highest BCUT2D eigenvalue weighted by Gasteiger charge is 2.40. The second-order valence-corrected chi connectivity index (χ2v) is 6.98. The number of hydrogen-bond donors (Lipinski definition) is 0. The first-order chi connectivity index (χ1) is 13.1. The van der Waals surface area contributed by atoms with Gasteiger partial charge in [0.05, 0.1) is 12.2 Å². The van der Waals surface area contributed by atoms with Gasteiger partial charge in [0.15, 0.2) is 5.82 Å². The Bertz CT molecular complexity index is 934. The first kappa shape index (κ1) is 17.9. The highest BCUT2D eigenvalue weighted by Crippen LogP contribution is 2.42. The number of nitrogens with zero attached hydrogens (tertiary/aromatic N) is 3. The molecule has 0 unspecified atom stereocenters. The predicted molar refractivity (Wildman–Crippen MR) is 104 cm³/mol. The van der Waals surface area contributed by atoms with Crippen LogP contribution >= 0.6 is 23.2 Å². The van der Waals surface area contributed by atoms with Gasteiger partial charge in [-0.05, 0) is 35.4 Å². The van der Waals surface area contributed by atoms with Crippen molar-refractivity contribution in [2.45, 2.75) is 12.1 Å². The van der Waals surface area contributed by atoms with Gasteiger partial charge in [-0.15, -0.1) is 0 Å². The van der Waals surface area contributed by atoms with Crippen LogP contribution in [-0.2, 0) is 9.53 Å². The lowest BCUT2D eigenvalue weighted by molar-refractivity contribution is -0.132. The summed E-state index contributed by atoms with van der Waals surface area (Å²) in [5, 5.41) is 1.26. The van der Waals surface area contributed by atoms with Gasteiger partial charge in [-0.25, -0.2) is 4.98 Å². The molecule has 1 amide bonds. The molecule has 5 nitrogen and oxygen atoms in total. The summed E-state index contributed by atoms with van der Waals surface area (Å²) in [5.41, 5.74) is 1.80. The van der Waals surface area contributed by atoms with Crippen LogP contribution < -0.4 is 4.90 Å². The maximum absolute atomic E-state index is 12.8. The normalized spacial score (nSPS) is 19.9. The van der Waals surface area contributed by atoms with Crippen molar-refractivity contribution < 1.29 is 9.53 Å². The van der Waals surface area contributed by atoms with E-state index in [0.29, 0.717) is 15.9 Å². The molecule has 1 aliphatic heterocycles. The molecule has 0 N–H and O–H groups in total. The lowest BCUT2D eigenvalue weighted by Gasteiger charge is -2.40. The Balaban J connectivity index is 1.83. The van der Waals surface area contributed by atoms with Crippen molar-refractivity contribution in [3.63, 3.8) is 0 Å². The lowest BCUT2D eigenvalue weighted by Crippen LogP contribution is -2.46. The average Bonchev–Trinajstić information content (AvgIpc) is 2.70. The van der Waals surface area contributed by atoms with Crippen LogP contribution in [0.15, 0.2) is 67.1 Å². The van der Waals surface area contributed by atoms with Gasteiger partial charge in [-0.3, -0.25) is 14.7 Å². The molecule has 1 aliphatic rings. The maximum atomic E-state index is 12.8. The number of aromatic nitrogens is 2. The summed E-state index contributed by atoms with van der Waals surface area (Å²) < 4.78 is 5.95. The first-order valence-corrected chi connectivity index (χ1v) is 9.09. The third-order valence-corrected chi connectivity index (χ3v) is 4.93. The topological polar surface area (TPSA) is 55.3 Å². The van der Waals surface area contributed by atoms with Gasteiger partial charge < -0.3 is 4.74 Å². The van der Waals surface area contributed by atoms with Crippen molar-refractivity contribution in [1.29, 1.82) is 0 Å². The highest BCUT2D eigenvalue weighted by molar-refractivity contribution is 6.30. The molecule has 2 aromatic carbocycles. The van der Waals surface area contributed by atoms with Crippen molar-refractivity contribution in [2.75, 3.05) is 11.5 Å². The van der Waals surface area contributed by atoms with Gasteiger partial charge in [0.25, 0.3) is 5.91 Å². The highest BCUT2D eigenvalue weighted by atomic mass is 35.5. The molecule has 1 fully saturated rings. The molecule has 2 heterocycles. The van der Waals surface area contributed by atoms with Crippen molar-refractivity contribution in [2.24, 2.45) is 0 Å². The van der Waals surface area contributed by atoms with Crippen LogP contribution in [0.25, 0.3) is 0 Å². The number of benzene rings is 2. The second kappa shape index (κ2) is 7.64. The molecule has 27 heavy (non-hydrogen) atoms. The fourth-order valence-corrected chi connectivity index (χ4v) is 3.46. The molecule has 0 radical (unpaired) electrons. The van der Waals surface area contributed by atoms with Gasteiger partial charge in [-0.1, -0.05) is 47.5 Å². The Morgan fingerprint density at radius 3 is 2.15 bits per heavy atom. The summed E-state index contributed by atoms with van der Waals surface area (Å²) in [7, 11) is 0. The van der Waals surface area contributed by atoms with E-state index in [2.05, 4.69) is 9.97 Å². The van der Waals surface area contributed by atoms with Crippen molar-refractivity contribution in [3.05, 3.63) is 88.3 Å². The second-order valence-electron chi connectivity index (χ2n) is 6.11. The van der Waals surface area contributed by atoms with Gasteiger partial charge in [0.1, 0.15) is 12.7 Å². The number of anilines is 1. The number of carbonyl (C=O) groups excluding carboxylic acids is 1. The van der Waals surface area contributed by atoms with Crippen LogP contribution in [-0.4, -0.2) is 22.5 Å². The number of morpholine rings is 1. The molecular weight excluding hydrogens is 385 g/mol. The van der Waals surface area contributed by atoms with E-state index >= 15 is 0 Å². The van der Waals surface area contributed by atoms with E-state index in [-0.39, 0.29) is 18.6 Å². The Morgan fingerprint density at radius 1 is 0.926 bits per heavy atom. The van der Waals surface area contributed by atoms with Gasteiger partial charge in [0, 0.05) is 22.4 Å². The molecule has 1 aromatic heterocycles. The fraction of sp³-hybridized carbons (Fsp3) is 0.150. The summed E-state index contributed by atoms with van der Waals surface area (Å²) >= 11 is 12.1. The Labute approximate surface area is 166 Å². The quantitative estimate of drug-likeness (QED) is 0.644. The van der Waals surface area contributed by atoms with Crippen molar-refractivity contribution in [1.82, 2.24) is 9.97 Å². The number of ether oxygens (including phenoxy) is 1. The summed E-state index contributed by atoms with van der Waals surface area (Å²) in [6.45, 7) is -0.0477. The van der Waals surface area contributed by atoms with Crippen LogP contribution in [0.5, 0.6) is 0 Å². The largest absolute Gasteiger partial charge is 0.361 e. The van der Waals surface area contributed by atoms with Crippen LogP contribution in [0.2, 0.25) is 10.0 Å². The molecule has 2 atom stereocenters. The number of carbonyl (C=O) groups is 1. The SMILES string of the molecule is O=C1CO[C@H](c2ccc(Cl)cc2)[C@H](c2ccc(Cl)cc2)N1c1cnccn1. The maximum Gasteiger partial charge on any atom is 0.254 e. The Morgan fingerprint density at radius 2 is 1.56 bits per heavy atom. The van der Waals surface area contributed by atoms with Crippen LogP contribution in [0.4, 0.5) is 5.82 Å². The summed E-state index contributed by atoms with van der Waals surface area (Å²) in [6, 6.07) is 14.4. The molecule has 0 bridgehead atoms. The third-order valence-electron chi connectivity index (χ3n) is 4.43. The van der Waals surface area contributed by atoms with E-state index in [1.807, 2.05) is 36.4 Å². The number of rotatable bonds is 3. The van der Waals surface area contributed by atoms with Crippen LogP contribution in [0.3, 0.4) is 0 Å². The summed E-state index contributed by atoms with van der Waals surface area (Å²) in [5.74, 6) is 0.297. The molecule has 4 rings (SSSR count). The van der Waals surface area contributed by atoms with Crippen molar-refractivity contribution in [3.8, 4) is 0 Å². The molecule has 1 saturated heterocycles. The minimum absolute atomic E-state index is 0.0477. The zero-order valence-electron chi connectivity index (χ0n) is 14.1. The minimum Gasteiger partial charge on any atom is -0.361 e. The smallest absolute Gasteiger partial charge is 0.254 e. The standard InChI is InChI=1S/C20H15Cl2N3O2/c21-15-5-1-13(2-6-15)19-20(14-3-7-16(22)8-4-14)27-12-18(26)25(19)17-11-23-9-10-24-17/h1-11,19-20H,12H2/t19-,20+/m0/s1. The molecular formula is C20H15Cl2N3O2. The van der Waals surface area contributed by atoms with E-state index in [4.69, 9.17) is 27.9 Å². The average molecular weight is 400 g/mol. The van der Waals surface area contributed by atoms with E-state index in [9.17, 15) is 4.79 Å². The molecule has 0 saturated carbocycles. The molecule has 0 aliphatic carbocycles. The van der Waals surface area contributed by atoms with Crippen LogP contribution in [0.1, 0.15) is 23.3 Å².